The molecular weight excluding hydrogens is 502 g/mol. The Labute approximate surface area is 216 Å². The SMILES string of the molecule is COc1cc(/C=C(\Sc2n[nH]c(-c3cc(Cl)ccc3OC)n2)C(=O)O)ccc1OCc1ccccc1. The second-order valence-electron chi connectivity index (χ2n) is 7.41. The molecule has 36 heavy (non-hydrogen) atoms. The lowest BCUT2D eigenvalue weighted by Gasteiger charge is -2.11. The number of H-pyrrole nitrogens is 1. The van der Waals surface area contributed by atoms with Gasteiger partial charge in [0.15, 0.2) is 17.3 Å². The van der Waals surface area contributed by atoms with Crippen LogP contribution < -0.4 is 14.2 Å². The molecule has 0 unspecified atom stereocenters. The smallest absolute Gasteiger partial charge is 0.342 e. The minimum absolute atomic E-state index is 0.0265. The summed E-state index contributed by atoms with van der Waals surface area (Å²) in [5.74, 6) is 0.890. The van der Waals surface area contributed by atoms with E-state index in [4.69, 9.17) is 25.8 Å². The third kappa shape index (κ3) is 6.18. The fourth-order valence-corrected chi connectivity index (χ4v) is 4.17. The molecule has 0 aliphatic rings. The molecule has 0 bridgehead atoms. The van der Waals surface area contributed by atoms with E-state index < -0.39 is 5.97 Å². The Bertz CT molecular complexity index is 1390. The highest BCUT2D eigenvalue weighted by Gasteiger charge is 2.17. The lowest BCUT2D eigenvalue weighted by atomic mass is 10.2. The van der Waals surface area contributed by atoms with Crippen molar-refractivity contribution in [3.8, 4) is 28.6 Å². The molecule has 0 fully saturated rings. The van der Waals surface area contributed by atoms with E-state index >= 15 is 0 Å². The van der Waals surface area contributed by atoms with Crippen molar-refractivity contribution in [2.24, 2.45) is 0 Å². The molecule has 4 aromatic rings. The van der Waals surface area contributed by atoms with Crippen molar-refractivity contribution < 1.29 is 24.1 Å². The van der Waals surface area contributed by atoms with Gasteiger partial charge in [-0.2, -0.15) is 0 Å². The van der Waals surface area contributed by atoms with Crippen molar-refractivity contribution in [2.45, 2.75) is 11.8 Å². The predicted molar refractivity (Wildman–Crippen MR) is 139 cm³/mol. The molecule has 1 heterocycles. The van der Waals surface area contributed by atoms with Gasteiger partial charge in [-0.1, -0.05) is 48.0 Å². The van der Waals surface area contributed by atoms with Gasteiger partial charge in [-0.3, -0.25) is 5.10 Å². The van der Waals surface area contributed by atoms with Crippen LogP contribution in [-0.4, -0.2) is 40.5 Å². The van der Waals surface area contributed by atoms with Gasteiger partial charge in [0.25, 0.3) is 0 Å². The van der Waals surface area contributed by atoms with E-state index in [-0.39, 0.29) is 10.1 Å². The van der Waals surface area contributed by atoms with E-state index in [1.54, 1.807) is 36.4 Å². The largest absolute Gasteiger partial charge is 0.496 e. The van der Waals surface area contributed by atoms with Crippen molar-refractivity contribution in [1.82, 2.24) is 15.2 Å². The van der Waals surface area contributed by atoms with Gasteiger partial charge in [0.1, 0.15) is 17.3 Å². The summed E-state index contributed by atoms with van der Waals surface area (Å²) in [5, 5.41) is 17.5. The van der Waals surface area contributed by atoms with Gasteiger partial charge in [-0.05, 0) is 59.3 Å². The summed E-state index contributed by atoms with van der Waals surface area (Å²) in [6, 6.07) is 20.1. The van der Waals surface area contributed by atoms with Crippen LogP contribution >= 0.6 is 23.4 Å². The first kappa shape index (κ1) is 25.2. The van der Waals surface area contributed by atoms with E-state index in [0.29, 0.717) is 45.8 Å². The summed E-state index contributed by atoms with van der Waals surface area (Å²) in [6.07, 6.45) is 1.52. The summed E-state index contributed by atoms with van der Waals surface area (Å²) >= 11 is 7.02. The minimum atomic E-state index is -1.12. The zero-order valence-corrected chi connectivity index (χ0v) is 21.0. The molecule has 2 N–H and O–H groups in total. The van der Waals surface area contributed by atoms with E-state index in [9.17, 15) is 9.90 Å². The van der Waals surface area contributed by atoms with Crippen molar-refractivity contribution in [3.63, 3.8) is 0 Å². The zero-order valence-electron chi connectivity index (χ0n) is 19.4. The molecule has 0 atom stereocenters. The third-order valence-electron chi connectivity index (χ3n) is 5.02. The fraction of sp³-hybridized carbons (Fsp3) is 0.115. The van der Waals surface area contributed by atoms with E-state index in [1.165, 1.54) is 20.3 Å². The van der Waals surface area contributed by atoms with Crippen molar-refractivity contribution in [2.75, 3.05) is 14.2 Å². The molecule has 8 nitrogen and oxygen atoms in total. The topological polar surface area (TPSA) is 107 Å². The number of benzene rings is 3. The molecule has 1 aromatic heterocycles. The minimum Gasteiger partial charge on any atom is -0.496 e. The van der Waals surface area contributed by atoms with Gasteiger partial charge in [0.2, 0.25) is 5.16 Å². The normalized spacial score (nSPS) is 11.2. The number of thioether (sulfide) groups is 1. The first-order valence-electron chi connectivity index (χ1n) is 10.7. The van der Waals surface area contributed by atoms with Crippen molar-refractivity contribution in [3.05, 3.63) is 87.8 Å². The Hall–Kier alpha value is -3.95. The molecule has 0 amide bonds. The maximum absolute atomic E-state index is 12.0. The van der Waals surface area contributed by atoms with E-state index in [0.717, 1.165) is 17.3 Å². The molecule has 0 saturated heterocycles. The van der Waals surface area contributed by atoms with Gasteiger partial charge in [-0.15, -0.1) is 5.10 Å². The van der Waals surface area contributed by atoms with Crippen LogP contribution in [0.5, 0.6) is 17.2 Å². The van der Waals surface area contributed by atoms with Crippen LogP contribution in [0.3, 0.4) is 0 Å². The highest BCUT2D eigenvalue weighted by atomic mass is 35.5. The molecule has 0 saturated carbocycles. The van der Waals surface area contributed by atoms with Gasteiger partial charge >= 0.3 is 5.97 Å². The molecule has 184 valence electrons. The molecule has 3 aromatic carbocycles. The van der Waals surface area contributed by atoms with E-state index in [2.05, 4.69) is 15.2 Å². The number of rotatable bonds is 10. The quantitative estimate of drug-likeness (QED) is 0.194. The number of aromatic nitrogens is 3. The number of carboxylic acid groups (broad SMARTS) is 1. The Balaban J connectivity index is 1.54. The number of hydrogen-bond donors (Lipinski definition) is 2. The van der Waals surface area contributed by atoms with Gasteiger partial charge in [0.05, 0.1) is 19.8 Å². The Morgan fingerprint density at radius 1 is 1.03 bits per heavy atom. The van der Waals surface area contributed by atoms with Crippen LogP contribution in [0, 0.1) is 0 Å². The highest BCUT2D eigenvalue weighted by molar-refractivity contribution is 8.04. The first-order chi connectivity index (χ1) is 17.5. The maximum Gasteiger partial charge on any atom is 0.342 e. The summed E-state index contributed by atoms with van der Waals surface area (Å²) in [5.41, 5.74) is 2.26. The van der Waals surface area contributed by atoms with Crippen molar-refractivity contribution >= 4 is 35.4 Å². The predicted octanol–water partition coefficient (Wildman–Crippen LogP) is 5.94. The number of nitrogens with one attached hydrogen (secondary N) is 1. The fourth-order valence-electron chi connectivity index (χ4n) is 3.29. The number of carbonyl (C=O) groups is 1. The average molecular weight is 524 g/mol. The summed E-state index contributed by atoms with van der Waals surface area (Å²) in [4.78, 5) is 16.4. The molecule has 0 radical (unpaired) electrons. The number of hydrogen-bond acceptors (Lipinski definition) is 7. The highest BCUT2D eigenvalue weighted by Crippen LogP contribution is 2.34. The summed E-state index contributed by atoms with van der Waals surface area (Å²) in [6.45, 7) is 0.382. The number of nitrogens with zero attached hydrogens (tertiary/aromatic N) is 2. The monoisotopic (exact) mass is 523 g/mol. The average Bonchev–Trinajstić information content (AvgIpc) is 3.36. The standard InChI is InChI=1S/C26H22ClN3O5S/c1-33-20-11-9-18(27)14-19(20)24-28-26(30-29-24)36-23(25(31)32)13-17-8-10-21(22(12-17)34-2)35-15-16-6-4-3-5-7-16/h3-14H,15H2,1-2H3,(H,31,32)(H,28,29,30)/b23-13-. The molecule has 0 spiro atoms. The summed E-state index contributed by atoms with van der Waals surface area (Å²) in [7, 11) is 3.07. The molecular formula is C26H22ClN3O5S. The van der Waals surface area contributed by atoms with Crippen LogP contribution in [0.2, 0.25) is 5.02 Å². The second-order valence-corrected chi connectivity index (χ2v) is 8.86. The van der Waals surface area contributed by atoms with Crippen LogP contribution in [0.1, 0.15) is 11.1 Å². The number of ether oxygens (including phenoxy) is 3. The van der Waals surface area contributed by atoms with Crippen molar-refractivity contribution in [1.29, 1.82) is 0 Å². The molecule has 0 aliphatic heterocycles. The van der Waals surface area contributed by atoms with Crippen LogP contribution in [0.4, 0.5) is 0 Å². The van der Waals surface area contributed by atoms with Crippen LogP contribution in [0.25, 0.3) is 17.5 Å². The summed E-state index contributed by atoms with van der Waals surface area (Å²) < 4.78 is 16.7. The van der Waals surface area contributed by atoms with Crippen LogP contribution in [0.15, 0.2) is 76.8 Å². The van der Waals surface area contributed by atoms with E-state index in [1.807, 2.05) is 30.3 Å². The van der Waals surface area contributed by atoms with Gasteiger partial charge in [0, 0.05) is 5.02 Å². The van der Waals surface area contributed by atoms with Gasteiger partial charge in [-0.25, -0.2) is 9.78 Å². The second kappa shape index (κ2) is 11.7. The number of aromatic amines is 1. The lowest BCUT2D eigenvalue weighted by Crippen LogP contribution is -1.99. The maximum atomic E-state index is 12.0. The zero-order chi connectivity index (χ0) is 25.5. The molecule has 4 rings (SSSR count). The Kier molecular flexibility index (Phi) is 8.14. The Morgan fingerprint density at radius 3 is 2.50 bits per heavy atom. The first-order valence-corrected chi connectivity index (χ1v) is 11.9. The lowest BCUT2D eigenvalue weighted by molar-refractivity contribution is -0.131. The van der Waals surface area contributed by atoms with Gasteiger partial charge < -0.3 is 19.3 Å². The van der Waals surface area contributed by atoms with Crippen LogP contribution in [-0.2, 0) is 11.4 Å². The third-order valence-corrected chi connectivity index (χ3v) is 6.13. The number of halogens is 1. The molecule has 0 aliphatic carbocycles. The Morgan fingerprint density at radius 2 is 1.78 bits per heavy atom. The molecule has 10 heteroatoms. The number of methoxy groups -OCH3 is 2. The number of aliphatic carboxylic acids is 1. The number of carboxylic acids is 1.